The molecule has 1 aromatic carbocycles. The molecule has 0 atom stereocenters. The number of ketones is 1. The maximum absolute atomic E-state index is 11.6. The molecular formula is C13H15NO4. The number of para-hydroxylation sites is 2. The molecule has 0 aliphatic carbocycles. The number of carboxylic acids is 1. The van der Waals surface area contributed by atoms with Gasteiger partial charge in [-0.1, -0.05) is 18.7 Å². The average Bonchev–Trinajstić information content (AvgIpc) is 2.31. The number of allylic oxidation sites excluding steroid dienone is 1. The van der Waals surface area contributed by atoms with Crippen LogP contribution in [0.15, 0.2) is 36.5 Å². The third-order valence-electron chi connectivity index (χ3n) is 2.32. The Kier molecular flexibility index (Phi) is 4.92. The molecule has 96 valence electrons. The summed E-state index contributed by atoms with van der Waals surface area (Å²) in [4.78, 5) is 21.9. The van der Waals surface area contributed by atoms with Crippen molar-refractivity contribution in [3.05, 3.63) is 36.5 Å². The summed E-state index contributed by atoms with van der Waals surface area (Å²) in [7, 11) is 0. The van der Waals surface area contributed by atoms with E-state index in [2.05, 4.69) is 11.9 Å². The lowest BCUT2D eigenvalue weighted by atomic mass is 10.1. The molecule has 0 unspecified atom stereocenters. The fourth-order valence-electron chi connectivity index (χ4n) is 1.36. The van der Waals surface area contributed by atoms with Crippen LogP contribution < -0.4 is 5.32 Å². The third kappa shape index (κ3) is 4.29. The van der Waals surface area contributed by atoms with Crippen LogP contribution in [0.4, 0.5) is 5.69 Å². The monoisotopic (exact) mass is 249 g/mol. The highest BCUT2D eigenvalue weighted by molar-refractivity contribution is 5.97. The fourth-order valence-corrected chi connectivity index (χ4v) is 1.36. The van der Waals surface area contributed by atoms with Gasteiger partial charge >= 0.3 is 5.97 Å². The summed E-state index contributed by atoms with van der Waals surface area (Å²) in [6.07, 6.45) is 0.344. The Hall–Kier alpha value is -2.30. The fraction of sp³-hybridized carbons (Fsp3) is 0.231. The molecule has 18 heavy (non-hydrogen) atoms. The molecule has 0 saturated heterocycles. The summed E-state index contributed by atoms with van der Waals surface area (Å²) < 4.78 is 0. The lowest BCUT2D eigenvalue weighted by Gasteiger charge is -2.09. The van der Waals surface area contributed by atoms with E-state index in [4.69, 9.17) is 5.11 Å². The number of rotatable bonds is 7. The zero-order valence-electron chi connectivity index (χ0n) is 9.85. The van der Waals surface area contributed by atoms with Crippen molar-refractivity contribution in [3.8, 4) is 5.75 Å². The number of nitrogens with one attached hydrogen (secondary N) is 1. The second kappa shape index (κ2) is 6.44. The molecule has 1 rings (SSSR count). The molecule has 0 aliphatic rings. The summed E-state index contributed by atoms with van der Waals surface area (Å²) in [5.41, 5.74) is 0.538. The Morgan fingerprint density at radius 3 is 2.50 bits per heavy atom. The molecule has 3 N–H and O–H groups in total. The lowest BCUT2D eigenvalue weighted by molar-refractivity contribution is -0.137. The summed E-state index contributed by atoms with van der Waals surface area (Å²) in [6, 6.07) is 6.48. The SMILES string of the molecule is C=C(Nc1ccccc1O)C(=O)CCCC(=O)O. The number of aromatic hydroxyl groups is 1. The van der Waals surface area contributed by atoms with E-state index in [0.29, 0.717) is 5.69 Å². The van der Waals surface area contributed by atoms with Gasteiger partial charge in [0, 0.05) is 12.8 Å². The van der Waals surface area contributed by atoms with Crippen LogP contribution in [0.2, 0.25) is 0 Å². The molecule has 0 spiro atoms. The lowest BCUT2D eigenvalue weighted by Crippen LogP contribution is -2.10. The van der Waals surface area contributed by atoms with Gasteiger partial charge in [0.2, 0.25) is 0 Å². The molecule has 0 bridgehead atoms. The van der Waals surface area contributed by atoms with E-state index in [0.717, 1.165) is 0 Å². The Morgan fingerprint density at radius 2 is 1.89 bits per heavy atom. The van der Waals surface area contributed by atoms with Crippen LogP contribution in [0.25, 0.3) is 0 Å². The Balaban J connectivity index is 2.48. The number of benzene rings is 1. The van der Waals surface area contributed by atoms with Gasteiger partial charge in [-0.05, 0) is 18.6 Å². The standard InChI is InChI=1S/C13H15NO4/c1-9(11(15)7-4-8-13(17)18)14-10-5-2-3-6-12(10)16/h2-3,5-6,14,16H,1,4,7-8H2,(H,17,18). The number of carbonyl (C=O) groups excluding carboxylic acids is 1. The van der Waals surface area contributed by atoms with Gasteiger partial charge in [-0.3, -0.25) is 9.59 Å². The minimum Gasteiger partial charge on any atom is -0.506 e. The average molecular weight is 249 g/mol. The minimum absolute atomic E-state index is 0.0250. The van der Waals surface area contributed by atoms with Gasteiger partial charge in [0.1, 0.15) is 5.75 Å². The second-order valence-corrected chi connectivity index (χ2v) is 3.79. The topological polar surface area (TPSA) is 86.6 Å². The highest BCUT2D eigenvalue weighted by Crippen LogP contribution is 2.23. The quantitative estimate of drug-likeness (QED) is 0.509. The number of Topliss-reactive ketones (excluding diaryl/α,β-unsaturated/α-hetero) is 1. The van der Waals surface area contributed by atoms with Gasteiger partial charge in [-0.15, -0.1) is 0 Å². The van der Waals surface area contributed by atoms with Crippen LogP contribution in [0, 0.1) is 0 Å². The molecule has 0 saturated carbocycles. The van der Waals surface area contributed by atoms with Gasteiger partial charge in [0.15, 0.2) is 5.78 Å². The van der Waals surface area contributed by atoms with Crippen LogP contribution in [0.5, 0.6) is 5.75 Å². The summed E-state index contributed by atoms with van der Waals surface area (Å²) in [5, 5.41) is 20.7. The Bertz CT molecular complexity index is 468. The normalized spacial score (nSPS) is 9.78. The van der Waals surface area contributed by atoms with Crippen molar-refractivity contribution in [3.63, 3.8) is 0 Å². The second-order valence-electron chi connectivity index (χ2n) is 3.79. The van der Waals surface area contributed by atoms with Crippen molar-refractivity contribution in [2.24, 2.45) is 0 Å². The van der Waals surface area contributed by atoms with Gasteiger partial charge in [-0.2, -0.15) is 0 Å². The highest BCUT2D eigenvalue weighted by Gasteiger charge is 2.09. The molecule has 1 aromatic rings. The van der Waals surface area contributed by atoms with Crippen molar-refractivity contribution in [1.82, 2.24) is 0 Å². The number of hydrogen-bond donors (Lipinski definition) is 3. The molecular weight excluding hydrogens is 234 g/mol. The zero-order valence-corrected chi connectivity index (χ0v) is 9.85. The number of aliphatic carboxylic acids is 1. The van der Waals surface area contributed by atoms with Crippen LogP contribution in [0.3, 0.4) is 0 Å². The van der Waals surface area contributed by atoms with Crippen LogP contribution >= 0.6 is 0 Å². The molecule has 0 aliphatic heterocycles. The van der Waals surface area contributed by atoms with Crippen LogP contribution in [0.1, 0.15) is 19.3 Å². The van der Waals surface area contributed by atoms with E-state index < -0.39 is 5.97 Å². The number of hydrogen-bond acceptors (Lipinski definition) is 4. The number of phenolic OH excluding ortho intramolecular Hbond substituents is 1. The smallest absolute Gasteiger partial charge is 0.303 e. The molecule has 0 aromatic heterocycles. The maximum Gasteiger partial charge on any atom is 0.303 e. The van der Waals surface area contributed by atoms with Gasteiger partial charge < -0.3 is 15.5 Å². The molecule has 0 radical (unpaired) electrons. The first-order valence-corrected chi connectivity index (χ1v) is 5.49. The minimum atomic E-state index is -0.929. The predicted molar refractivity (Wildman–Crippen MR) is 67.4 cm³/mol. The number of carboxylic acid groups (broad SMARTS) is 1. The van der Waals surface area contributed by atoms with Gasteiger partial charge in [0.25, 0.3) is 0 Å². The van der Waals surface area contributed by atoms with E-state index in [1.807, 2.05) is 0 Å². The highest BCUT2D eigenvalue weighted by atomic mass is 16.4. The Labute approximate surface area is 105 Å². The third-order valence-corrected chi connectivity index (χ3v) is 2.32. The predicted octanol–water partition coefficient (Wildman–Crippen LogP) is 2.14. The van der Waals surface area contributed by atoms with Crippen LogP contribution in [-0.4, -0.2) is 22.0 Å². The van der Waals surface area contributed by atoms with E-state index in [9.17, 15) is 14.7 Å². The van der Waals surface area contributed by atoms with Crippen LogP contribution in [-0.2, 0) is 9.59 Å². The first kappa shape index (κ1) is 13.8. The van der Waals surface area contributed by atoms with Crippen molar-refractivity contribution in [2.45, 2.75) is 19.3 Å². The molecule has 0 fully saturated rings. The summed E-state index contributed by atoms with van der Waals surface area (Å²) in [6.45, 7) is 3.57. The van der Waals surface area contributed by atoms with Gasteiger partial charge in [-0.25, -0.2) is 0 Å². The number of anilines is 1. The molecule has 5 nitrogen and oxygen atoms in total. The molecule has 0 amide bonds. The van der Waals surface area contributed by atoms with Crippen molar-refractivity contribution in [2.75, 3.05) is 5.32 Å². The van der Waals surface area contributed by atoms with E-state index in [1.54, 1.807) is 18.2 Å². The zero-order chi connectivity index (χ0) is 13.5. The largest absolute Gasteiger partial charge is 0.506 e. The first-order valence-electron chi connectivity index (χ1n) is 5.49. The van der Waals surface area contributed by atoms with Crippen molar-refractivity contribution < 1.29 is 19.8 Å². The van der Waals surface area contributed by atoms with E-state index in [1.165, 1.54) is 6.07 Å². The summed E-state index contributed by atoms with van der Waals surface area (Å²) in [5.74, 6) is -1.17. The number of carbonyl (C=O) groups is 2. The Morgan fingerprint density at radius 1 is 1.22 bits per heavy atom. The molecule has 0 heterocycles. The summed E-state index contributed by atoms with van der Waals surface area (Å²) >= 11 is 0. The van der Waals surface area contributed by atoms with E-state index >= 15 is 0 Å². The van der Waals surface area contributed by atoms with E-state index in [-0.39, 0.29) is 36.5 Å². The number of phenols is 1. The maximum atomic E-state index is 11.6. The molecule has 5 heteroatoms. The first-order chi connectivity index (χ1) is 8.50. The van der Waals surface area contributed by atoms with Crippen molar-refractivity contribution in [1.29, 1.82) is 0 Å². The van der Waals surface area contributed by atoms with Gasteiger partial charge in [0.05, 0.1) is 11.4 Å². The van der Waals surface area contributed by atoms with Crippen molar-refractivity contribution >= 4 is 17.4 Å².